The van der Waals surface area contributed by atoms with Gasteiger partial charge in [-0.05, 0) is 49.2 Å². The maximum Gasteiger partial charge on any atom is 0.320 e. The minimum Gasteiger partial charge on any atom is -0.321 e. The molecule has 0 aromatic heterocycles. The standard InChI is InChI=1S/C17H17F2N3O3S/c18-12-7-9-13(10-8-12)20-17(23)21-16-6-3-11-22(16)26(24,25)15-5-2-1-4-14(15)19/h1-2,4-5,7-10,16H,3,6,11H2,(H2,20,21,23)/t16-/m0/s1. The van der Waals surface area contributed by atoms with Crippen molar-refractivity contribution in [3.8, 4) is 0 Å². The number of amides is 2. The number of hydrogen-bond acceptors (Lipinski definition) is 3. The quantitative estimate of drug-likeness (QED) is 0.855. The minimum absolute atomic E-state index is 0.179. The fourth-order valence-electron chi connectivity index (χ4n) is 2.80. The number of rotatable bonds is 4. The average Bonchev–Trinajstić information content (AvgIpc) is 3.06. The molecular formula is C17H17F2N3O3S. The summed E-state index contributed by atoms with van der Waals surface area (Å²) in [4.78, 5) is 11.7. The first kappa shape index (κ1) is 18.3. The molecule has 0 aliphatic carbocycles. The highest BCUT2D eigenvalue weighted by molar-refractivity contribution is 7.89. The van der Waals surface area contributed by atoms with Crippen LogP contribution in [-0.4, -0.2) is 31.5 Å². The van der Waals surface area contributed by atoms with E-state index in [1.165, 1.54) is 42.5 Å². The lowest BCUT2D eigenvalue weighted by Crippen LogP contribution is -2.48. The lowest BCUT2D eigenvalue weighted by atomic mass is 10.3. The highest BCUT2D eigenvalue weighted by Gasteiger charge is 2.37. The number of benzene rings is 2. The van der Waals surface area contributed by atoms with Crippen molar-refractivity contribution < 1.29 is 22.0 Å². The van der Waals surface area contributed by atoms with E-state index in [1.807, 2.05) is 0 Å². The van der Waals surface area contributed by atoms with Gasteiger partial charge in [-0.25, -0.2) is 22.0 Å². The number of nitrogens with zero attached hydrogens (tertiary/aromatic N) is 1. The zero-order chi connectivity index (χ0) is 18.7. The first-order valence-corrected chi connectivity index (χ1v) is 9.41. The molecular weight excluding hydrogens is 364 g/mol. The van der Waals surface area contributed by atoms with Gasteiger partial charge in [-0.3, -0.25) is 0 Å². The highest BCUT2D eigenvalue weighted by atomic mass is 32.2. The number of nitrogens with one attached hydrogen (secondary N) is 2. The summed E-state index contributed by atoms with van der Waals surface area (Å²) < 4.78 is 53.3. The Morgan fingerprint density at radius 1 is 1.08 bits per heavy atom. The van der Waals surface area contributed by atoms with Crippen LogP contribution in [0.25, 0.3) is 0 Å². The fraction of sp³-hybridized carbons (Fsp3) is 0.235. The Bertz CT molecular complexity index is 904. The van der Waals surface area contributed by atoms with Gasteiger partial charge in [-0.2, -0.15) is 4.31 Å². The van der Waals surface area contributed by atoms with Gasteiger partial charge in [0.2, 0.25) is 10.0 Å². The summed E-state index contributed by atoms with van der Waals surface area (Å²) in [6, 6.07) is 9.65. The Morgan fingerprint density at radius 2 is 1.77 bits per heavy atom. The predicted molar refractivity (Wildman–Crippen MR) is 91.9 cm³/mol. The second kappa shape index (κ2) is 7.38. The number of anilines is 1. The highest BCUT2D eigenvalue weighted by Crippen LogP contribution is 2.26. The Labute approximate surface area is 149 Å². The molecule has 1 atom stereocenters. The first-order chi connectivity index (χ1) is 12.4. The molecule has 0 saturated carbocycles. The Kier molecular flexibility index (Phi) is 5.19. The molecule has 3 rings (SSSR count). The van der Waals surface area contributed by atoms with E-state index in [0.717, 1.165) is 10.4 Å². The number of carbonyl (C=O) groups is 1. The van der Waals surface area contributed by atoms with Crippen LogP contribution < -0.4 is 10.6 Å². The van der Waals surface area contributed by atoms with E-state index in [2.05, 4.69) is 10.6 Å². The third kappa shape index (κ3) is 3.83. The fourth-order valence-corrected chi connectivity index (χ4v) is 4.48. The summed E-state index contributed by atoms with van der Waals surface area (Å²) >= 11 is 0. The third-order valence-corrected chi connectivity index (χ3v) is 5.97. The van der Waals surface area contributed by atoms with E-state index >= 15 is 0 Å². The van der Waals surface area contributed by atoms with Gasteiger partial charge in [0.05, 0.1) is 6.17 Å². The van der Waals surface area contributed by atoms with Crippen molar-refractivity contribution in [3.63, 3.8) is 0 Å². The van der Waals surface area contributed by atoms with E-state index in [4.69, 9.17) is 0 Å². The summed E-state index contributed by atoms with van der Waals surface area (Å²) in [7, 11) is -4.08. The van der Waals surface area contributed by atoms with Gasteiger partial charge in [0, 0.05) is 12.2 Å². The molecule has 2 aromatic rings. The number of urea groups is 1. The average molecular weight is 381 g/mol. The monoisotopic (exact) mass is 381 g/mol. The number of hydrogen-bond donors (Lipinski definition) is 2. The zero-order valence-electron chi connectivity index (χ0n) is 13.7. The van der Waals surface area contributed by atoms with E-state index in [-0.39, 0.29) is 6.54 Å². The summed E-state index contributed by atoms with van der Waals surface area (Å²) in [5.74, 6) is -1.28. The molecule has 0 radical (unpaired) electrons. The SMILES string of the molecule is O=C(Nc1ccc(F)cc1)N[C@@H]1CCCN1S(=O)(=O)c1ccccc1F. The lowest BCUT2D eigenvalue weighted by Gasteiger charge is -2.25. The smallest absolute Gasteiger partial charge is 0.320 e. The van der Waals surface area contributed by atoms with Gasteiger partial charge in [-0.1, -0.05) is 12.1 Å². The van der Waals surface area contributed by atoms with E-state index in [1.54, 1.807) is 0 Å². The molecule has 2 aromatic carbocycles. The van der Waals surface area contributed by atoms with Crippen molar-refractivity contribution in [1.82, 2.24) is 9.62 Å². The molecule has 6 nitrogen and oxygen atoms in total. The Hall–Kier alpha value is -2.52. The topological polar surface area (TPSA) is 78.5 Å². The molecule has 9 heteroatoms. The lowest BCUT2D eigenvalue weighted by molar-refractivity contribution is 0.240. The normalized spacial score (nSPS) is 17.8. The van der Waals surface area contributed by atoms with Crippen molar-refractivity contribution in [1.29, 1.82) is 0 Å². The van der Waals surface area contributed by atoms with Crippen molar-refractivity contribution >= 4 is 21.7 Å². The van der Waals surface area contributed by atoms with Crippen LogP contribution in [0.1, 0.15) is 12.8 Å². The second-order valence-corrected chi connectivity index (χ2v) is 7.67. The molecule has 1 aliphatic heterocycles. The van der Waals surface area contributed by atoms with Crippen LogP contribution in [0.4, 0.5) is 19.3 Å². The van der Waals surface area contributed by atoms with Crippen LogP contribution in [-0.2, 0) is 10.0 Å². The van der Waals surface area contributed by atoms with Gasteiger partial charge in [0.25, 0.3) is 0 Å². The predicted octanol–water partition coefficient (Wildman–Crippen LogP) is 2.90. The summed E-state index contributed by atoms with van der Waals surface area (Å²) in [5.41, 5.74) is 0.366. The Balaban J connectivity index is 1.73. The van der Waals surface area contributed by atoms with E-state index < -0.39 is 38.8 Å². The van der Waals surface area contributed by atoms with Crippen LogP contribution in [0.3, 0.4) is 0 Å². The third-order valence-electron chi connectivity index (χ3n) is 4.03. The van der Waals surface area contributed by atoms with Crippen LogP contribution in [0.5, 0.6) is 0 Å². The van der Waals surface area contributed by atoms with Crippen molar-refractivity contribution in [3.05, 3.63) is 60.2 Å². The molecule has 0 spiro atoms. The molecule has 1 aliphatic rings. The van der Waals surface area contributed by atoms with Gasteiger partial charge < -0.3 is 10.6 Å². The summed E-state index contributed by atoms with van der Waals surface area (Å²) in [5, 5.41) is 5.07. The molecule has 1 fully saturated rings. The van der Waals surface area contributed by atoms with Crippen molar-refractivity contribution in [2.45, 2.75) is 23.9 Å². The number of sulfonamides is 1. The molecule has 0 unspecified atom stereocenters. The molecule has 26 heavy (non-hydrogen) atoms. The Morgan fingerprint density at radius 3 is 2.46 bits per heavy atom. The molecule has 2 amide bonds. The van der Waals surface area contributed by atoms with Crippen LogP contribution >= 0.6 is 0 Å². The van der Waals surface area contributed by atoms with Gasteiger partial charge in [0.15, 0.2) is 0 Å². The number of halogens is 2. The van der Waals surface area contributed by atoms with Crippen LogP contribution in [0, 0.1) is 11.6 Å². The van der Waals surface area contributed by atoms with Gasteiger partial charge >= 0.3 is 6.03 Å². The van der Waals surface area contributed by atoms with Gasteiger partial charge in [0.1, 0.15) is 16.5 Å². The molecule has 2 N–H and O–H groups in total. The number of carbonyl (C=O) groups excluding carboxylic acids is 1. The van der Waals surface area contributed by atoms with Crippen LogP contribution in [0.15, 0.2) is 53.4 Å². The minimum atomic E-state index is -4.08. The van der Waals surface area contributed by atoms with Crippen LogP contribution in [0.2, 0.25) is 0 Å². The molecule has 138 valence electrons. The first-order valence-electron chi connectivity index (χ1n) is 7.97. The maximum absolute atomic E-state index is 13.9. The summed E-state index contributed by atoms with van der Waals surface area (Å²) in [6.07, 6.45) is 0.153. The summed E-state index contributed by atoms with van der Waals surface area (Å²) in [6.45, 7) is 0.179. The maximum atomic E-state index is 13.9. The second-order valence-electron chi connectivity index (χ2n) is 5.81. The molecule has 1 saturated heterocycles. The zero-order valence-corrected chi connectivity index (χ0v) is 14.5. The molecule has 0 bridgehead atoms. The van der Waals surface area contributed by atoms with Crippen molar-refractivity contribution in [2.24, 2.45) is 0 Å². The largest absolute Gasteiger partial charge is 0.321 e. The van der Waals surface area contributed by atoms with Gasteiger partial charge in [-0.15, -0.1) is 0 Å². The van der Waals surface area contributed by atoms with E-state index in [0.29, 0.717) is 18.5 Å². The van der Waals surface area contributed by atoms with Crippen molar-refractivity contribution in [2.75, 3.05) is 11.9 Å². The van der Waals surface area contributed by atoms with E-state index in [9.17, 15) is 22.0 Å². The molecule has 1 heterocycles.